The fraction of sp³-hybridized carbons (Fsp3) is 0.556. The van der Waals surface area contributed by atoms with Gasteiger partial charge in [-0.1, -0.05) is 0 Å². The first-order chi connectivity index (χ1) is 6.68. The Hall–Kier alpha value is -1.36. The van der Waals surface area contributed by atoms with Crippen LogP contribution < -0.4 is 5.73 Å². The second kappa shape index (κ2) is 3.42. The van der Waals surface area contributed by atoms with Crippen LogP contribution in [0.25, 0.3) is 0 Å². The summed E-state index contributed by atoms with van der Waals surface area (Å²) in [6, 6.07) is 2.01. The maximum atomic E-state index is 11.9. The van der Waals surface area contributed by atoms with E-state index in [4.69, 9.17) is 5.73 Å². The molecule has 2 rings (SSSR count). The lowest BCUT2D eigenvalue weighted by molar-refractivity contribution is 0.0740. The maximum Gasteiger partial charge on any atom is 0.272 e. The zero-order valence-corrected chi connectivity index (χ0v) is 8.10. The van der Waals surface area contributed by atoms with Gasteiger partial charge < -0.3 is 10.6 Å². The number of aromatic amines is 1. The Morgan fingerprint density at radius 1 is 1.79 bits per heavy atom. The third-order valence-corrected chi connectivity index (χ3v) is 2.60. The Kier molecular flexibility index (Phi) is 2.25. The quantitative estimate of drug-likeness (QED) is 0.659. The van der Waals surface area contributed by atoms with Gasteiger partial charge in [-0.2, -0.15) is 5.10 Å². The highest BCUT2D eigenvalue weighted by atomic mass is 16.2. The third-order valence-electron chi connectivity index (χ3n) is 2.60. The average Bonchev–Trinajstić information content (AvgIpc) is 2.73. The van der Waals surface area contributed by atoms with Gasteiger partial charge in [0.05, 0.1) is 0 Å². The summed E-state index contributed by atoms with van der Waals surface area (Å²) in [7, 11) is 0. The molecule has 1 amide bonds. The minimum absolute atomic E-state index is 0.0112. The standard InChI is InChI=1S/C9H14N4O/c1-6-4-7(10)5-13(6)9(14)8-2-3-11-12-8/h2-3,6-7H,4-5,10H2,1H3,(H,11,12). The van der Waals surface area contributed by atoms with Crippen molar-refractivity contribution in [3.05, 3.63) is 18.0 Å². The first-order valence-electron chi connectivity index (χ1n) is 4.74. The number of rotatable bonds is 1. The lowest BCUT2D eigenvalue weighted by Gasteiger charge is -2.20. The molecule has 3 N–H and O–H groups in total. The van der Waals surface area contributed by atoms with Crippen molar-refractivity contribution in [2.24, 2.45) is 5.73 Å². The zero-order valence-electron chi connectivity index (χ0n) is 8.10. The number of hydrogen-bond acceptors (Lipinski definition) is 3. The van der Waals surface area contributed by atoms with E-state index in [9.17, 15) is 4.79 Å². The van der Waals surface area contributed by atoms with E-state index in [1.54, 1.807) is 17.2 Å². The molecular weight excluding hydrogens is 180 g/mol. The SMILES string of the molecule is CC1CC(N)CN1C(=O)c1ccn[nH]1. The largest absolute Gasteiger partial charge is 0.333 e. The molecule has 0 radical (unpaired) electrons. The van der Waals surface area contributed by atoms with Crippen LogP contribution in [0.1, 0.15) is 23.8 Å². The highest BCUT2D eigenvalue weighted by Crippen LogP contribution is 2.17. The van der Waals surface area contributed by atoms with Gasteiger partial charge in [-0.25, -0.2) is 0 Å². The molecule has 1 aliphatic heterocycles. The predicted octanol–water partition coefficient (Wildman–Crippen LogP) is -0.0286. The number of hydrogen-bond donors (Lipinski definition) is 2. The summed E-state index contributed by atoms with van der Waals surface area (Å²) in [5.41, 5.74) is 6.32. The Morgan fingerprint density at radius 3 is 3.07 bits per heavy atom. The molecule has 5 heteroatoms. The van der Waals surface area contributed by atoms with E-state index in [0.29, 0.717) is 12.2 Å². The number of likely N-dealkylation sites (tertiary alicyclic amines) is 1. The summed E-state index contributed by atoms with van der Waals surface area (Å²) < 4.78 is 0. The van der Waals surface area contributed by atoms with Crippen molar-refractivity contribution in [2.45, 2.75) is 25.4 Å². The number of carbonyl (C=O) groups excluding carboxylic acids is 1. The Morgan fingerprint density at radius 2 is 2.57 bits per heavy atom. The molecule has 1 aromatic heterocycles. The Bertz CT molecular complexity index is 322. The van der Waals surface area contributed by atoms with Crippen molar-refractivity contribution < 1.29 is 4.79 Å². The molecule has 1 saturated heterocycles. The maximum absolute atomic E-state index is 11.9. The Labute approximate surface area is 82.3 Å². The van der Waals surface area contributed by atoms with Crippen molar-refractivity contribution >= 4 is 5.91 Å². The number of H-pyrrole nitrogens is 1. The molecule has 2 atom stereocenters. The number of nitrogens with zero attached hydrogens (tertiary/aromatic N) is 2. The minimum atomic E-state index is -0.0112. The lowest BCUT2D eigenvalue weighted by atomic mass is 10.2. The average molecular weight is 194 g/mol. The van der Waals surface area contributed by atoms with Gasteiger partial charge in [0.1, 0.15) is 5.69 Å². The van der Waals surface area contributed by atoms with Gasteiger partial charge in [0.2, 0.25) is 0 Å². The van der Waals surface area contributed by atoms with Gasteiger partial charge in [0, 0.05) is 24.8 Å². The second-order valence-electron chi connectivity index (χ2n) is 3.77. The van der Waals surface area contributed by atoms with E-state index in [0.717, 1.165) is 6.42 Å². The van der Waals surface area contributed by atoms with Gasteiger partial charge in [0.25, 0.3) is 5.91 Å². The minimum Gasteiger partial charge on any atom is -0.333 e. The van der Waals surface area contributed by atoms with Crippen LogP contribution in [-0.4, -0.2) is 39.6 Å². The van der Waals surface area contributed by atoms with Crippen molar-refractivity contribution in [1.82, 2.24) is 15.1 Å². The van der Waals surface area contributed by atoms with Crippen LogP contribution in [0.3, 0.4) is 0 Å². The molecule has 14 heavy (non-hydrogen) atoms. The topological polar surface area (TPSA) is 75.0 Å². The first kappa shape index (κ1) is 9.21. The van der Waals surface area contributed by atoms with Crippen molar-refractivity contribution in [1.29, 1.82) is 0 Å². The molecule has 1 aromatic rings. The van der Waals surface area contributed by atoms with Gasteiger partial charge in [0.15, 0.2) is 0 Å². The molecule has 0 aromatic carbocycles. The van der Waals surface area contributed by atoms with E-state index in [-0.39, 0.29) is 18.0 Å². The normalized spacial score (nSPS) is 26.9. The summed E-state index contributed by atoms with van der Waals surface area (Å²) in [4.78, 5) is 13.7. The first-order valence-corrected chi connectivity index (χ1v) is 4.74. The van der Waals surface area contributed by atoms with E-state index in [2.05, 4.69) is 10.2 Å². The van der Waals surface area contributed by atoms with Crippen LogP contribution in [0.5, 0.6) is 0 Å². The van der Waals surface area contributed by atoms with Gasteiger partial charge in [-0.15, -0.1) is 0 Å². The van der Waals surface area contributed by atoms with Crippen LogP contribution in [0, 0.1) is 0 Å². The number of amides is 1. The molecule has 1 aliphatic rings. The summed E-state index contributed by atoms with van der Waals surface area (Å²) >= 11 is 0. The molecule has 0 spiro atoms. The van der Waals surface area contributed by atoms with Crippen LogP contribution in [0.4, 0.5) is 0 Å². The zero-order chi connectivity index (χ0) is 10.1. The molecule has 0 bridgehead atoms. The number of carbonyl (C=O) groups is 1. The van der Waals surface area contributed by atoms with E-state index < -0.39 is 0 Å². The number of aromatic nitrogens is 2. The molecule has 2 unspecified atom stereocenters. The summed E-state index contributed by atoms with van der Waals surface area (Å²) in [6.45, 7) is 2.65. The second-order valence-corrected chi connectivity index (χ2v) is 3.77. The predicted molar refractivity (Wildman–Crippen MR) is 51.7 cm³/mol. The van der Waals surface area contributed by atoms with Gasteiger partial charge in [-0.3, -0.25) is 9.89 Å². The summed E-state index contributed by atoms with van der Waals surface area (Å²) in [5.74, 6) is -0.0112. The molecule has 5 nitrogen and oxygen atoms in total. The van der Waals surface area contributed by atoms with E-state index in [1.807, 2.05) is 6.92 Å². The monoisotopic (exact) mass is 194 g/mol. The molecule has 0 saturated carbocycles. The number of nitrogens with one attached hydrogen (secondary N) is 1. The fourth-order valence-electron chi connectivity index (χ4n) is 1.89. The highest BCUT2D eigenvalue weighted by molar-refractivity contribution is 5.92. The van der Waals surface area contributed by atoms with Crippen LogP contribution >= 0.6 is 0 Å². The summed E-state index contributed by atoms with van der Waals surface area (Å²) in [5, 5.41) is 6.42. The van der Waals surface area contributed by atoms with Crippen molar-refractivity contribution in [2.75, 3.05) is 6.54 Å². The molecular formula is C9H14N4O. The van der Waals surface area contributed by atoms with E-state index >= 15 is 0 Å². The van der Waals surface area contributed by atoms with Crippen molar-refractivity contribution in [3.8, 4) is 0 Å². The Balaban J connectivity index is 2.13. The van der Waals surface area contributed by atoms with Crippen LogP contribution in [0.2, 0.25) is 0 Å². The molecule has 2 heterocycles. The smallest absolute Gasteiger partial charge is 0.272 e. The van der Waals surface area contributed by atoms with Crippen LogP contribution in [-0.2, 0) is 0 Å². The van der Waals surface area contributed by atoms with Gasteiger partial charge >= 0.3 is 0 Å². The van der Waals surface area contributed by atoms with Crippen LogP contribution in [0.15, 0.2) is 12.3 Å². The fourth-order valence-corrected chi connectivity index (χ4v) is 1.89. The number of nitrogens with two attached hydrogens (primary N) is 1. The van der Waals surface area contributed by atoms with Gasteiger partial charge in [-0.05, 0) is 19.4 Å². The lowest BCUT2D eigenvalue weighted by Crippen LogP contribution is -2.35. The molecule has 0 aliphatic carbocycles. The summed E-state index contributed by atoms with van der Waals surface area (Å²) in [6.07, 6.45) is 2.45. The highest BCUT2D eigenvalue weighted by Gasteiger charge is 2.31. The van der Waals surface area contributed by atoms with Crippen molar-refractivity contribution in [3.63, 3.8) is 0 Å². The van der Waals surface area contributed by atoms with E-state index in [1.165, 1.54) is 0 Å². The third kappa shape index (κ3) is 1.50. The molecule has 1 fully saturated rings. The molecule has 76 valence electrons.